The summed E-state index contributed by atoms with van der Waals surface area (Å²) in [5, 5.41) is 24.9. The van der Waals surface area contributed by atoms with Crippen molar-refractivity contribution in [2.24, 2.45) is 5.41 Å². The van der Waals surface area contributed by atoms with Crippen LogP contribution in [0.3, 0.4) is 0 Å². The van der Waals surface area contributed by atoms with E-state index in [4.69, 9.17) is 0 Å². The Balaban J connectivity index is 2.43. The number of aromatic nitrogens is 2. The van der Waals surface area contributed by atoms with Crippen LogP contribution in [0.4, 0.5) is 11.5 Å². The summed E-state index contributed by atoms with van der Waals surface area (Å²) in [5.41, 5.74) is -0.520. The Hall–Kier alpha value is -2.12. The van der Waals surface area contributed by atoms with Crippen LogP contribution in [0.25, 0.3) is 0 Å². The number of aryl methyl sites for hydroxylation is 2. The first kappa shape index (κ1) is 15.3. The van der Waals surface area contributed by atoms with Gasteiger partial charge in [0.1, 0.15) is 5.69 Å². The summed E-state index contributed by atoms with van der Waals surface area (Å²) in [4.78, 5) is 24.0. The molecular formula is C13H20N4O4. The Morgan fingerprint density at radius 2 is 2.24 bits per heavy atom. The molecule has 1 aromatic rings. The number of hydrogen-bond acceptors (Lipinski definition) is 5. The number of nitrogens with zero attached hydrogens (tertiary/aromatic N) is 4. The lowest BCUT2D eigenvalue weighted by Crippen LogP contribution is -2.32. The number of nitro groups is 1. The molecule has 0 amide bonds. The van der Waals surface area contributed by atoms with Gasteiger partial charge in [0.25, 0.3) is 0 Å². The minimum atomic E-state index is -0.872. The van der Waals surface area contributed by atoms with Crippen LogP contribution in [-0.4, -0.2) is 38.9 Å². The minimum Gasteiger partial charge on any atom is -0.481 e. The minimum absolute atomic E-state index is 0.0157. The van der Waals surface area contributed by atoms with Gasteiger partial charge in [0, 0.05) is 19.6 Å². The van der Waals surface area contributed by atoms with Crippen LogP contribution < -0.4 is 4.90 Å². The molecule has 21 heavy (non-hydrogen) atoms. The van der Waals surface area contributed by atoms with Gasteiger partial charge in [0.15, 0.2) is 0 Å². The largest absolute Gasteiger partial charge is 0.481 e. The van der Waals surface area contributed by atoms with Crippen molar-refractivity contribution in [2.75, 3.05) is 18.0 Å². The fraction of sp³-hybridized carbons (Fsp3) is 0.692. The molecule has 2 rings (SSSR count). The summed E-state index contributed by atoms with van der Waals surface area (Å²) < 4.78 is 1.63. The van der Waals surface area contributed by atoms with Crippen molar-refractivity contribution in [3.8, 4) is 0 Å². The zero-order valence-electron chi connectivity index (χ0n) is 12.5. The predicted octanol–water partition coefficient (Wildman–Crippen LogP) is 1.81. The van der Waals surface area contributed by atoms with Crippen molar-refractivity contribution in [1.29, 1.82) is 0 Å². The molecule has 0 saturated carbocycles. The van der Waals surface area contributed by atoms with Crippen LogP contribution in [0.1, 0.15) is 32.4 Å². The maximum absolute atomic E-state index is 11.4. The van der Waals surface area contributed by atoms with Crippen molar-refractivity contribution in [2.45, 2.75) is 40.2 Å². The second-order valence-corrected chi connectivity index (χ2v) is 5.78. The molecule has 0 aliphatic carbocycles. The molecule has 0 bridgehead atoms. The maximum Gasteiger partial charge on any atom is 0.333 e. The van der Waals surface area contributed by atoms with Crippen molar-refractivity contribution < 1.29 is 14.8 Å². The van der Waals surface area contributed by atoms with E-state index in [2.05, 4.69) is 5.10 Å². The summed E-state index contributed by atoms with van der Waals surface area (Å²) in [6.07, 6.45) is 1.27. The van der Waals surface area contributed by atoms with Crippen molar-refractivity contribution in [1.82, 2.24) is 9.78 Å². The Morgan fingerprint density at radius 1 is 1.57 bits per heavy atom. The Labute approximate surface area is 122 Å². The fourth-order valence-electron chi connectivity index (χ4n) is 2.77. The molecule has 2 heterocycles. The highest BCUT2D eigenvalue weighted by atomic mass is 16.6. The van der Waals surface area contributed by atoms with Crippen LogP contribution in [-0.2, 0) is 11.3 Å². The molecule has 1 N–H and O–H groups in total. The predicted molar refractivity (Wildman–Crippen MR) is 76.5 cm³/mol. The van der Waals surface area contributed by atoms with E-state index in [1.54, 1.807) is 23.4 Å². The highest BCUT2D eigenvalue weighted by molar-refractivity contribution is 5.77. The van der Waals surface area contributed by atoms with Gasteiger partial charge in [-0.3, -0.25) is 14.9 Å². The average molecular weight is 296 g/mol. The van der Waals surface area contributed by atoms with E-state index in [0.717, 1.165) is 6.42 Å². The van der Waals surface area contributed by atoms with E-state index in [1.165, 1.54) is 0 Å². The summed E-state index contributed by atoms with van der Waals surface area (Å²) in [6.45, 7) is 6.58. The Kier molecular flexibility index (Phi) is 3.89. The lowest BCUT2D eigenvalue weighted by Gasteiger charge is -2.21. The molecule has 0 aromatic carbocycles. The third-order valence-electron chi connectivity index (χ3n) is 3.98. The van der Waals surface area contributed by atoms with E-state index in [0.29, 0.717) is 31.0 Å². The molecule has 0 radical (unpaired) electrons. The van der Waals surface area contributed by atoms with E-state index in [1.807, 2.05) is 6.92 Å². The Morgan fingerprint density at radius 3 is 2.71 bits per heavy atom. The normalized spacial score (nSPS) is 21.8. The standard InChI is InChI=1S/C13H20N4O4/c1-4-6-16-11(10(17(20)21)9(2)14-16)15-7-5-13(3,8-15)12(18)19/h4-8H2,1-3H3,(H,18,19). The SMILES string of the molecule is CCCn1nc(C)c([N+](=O)[O-])c1N1CCC(C)(C(=O)O)C1. The average Bonchev–Trinajstić information content (AvgIpc) is 2.91. The van der Waals surface area contributed by atoms with Gasteiger partial charge in [-0.1, -0.05) is 6.92 Å². The van der Waals surface area contributed by atoms with Crippen molar-refractivity contribution in [3.05, 3.63) is 15.8 Å². The molecule has 1 aliphatic rings. The highest BCUT2D eigenvalue weighted by Gasteiger charge is 2.43. The van der Waals surface area contributed by atoms with Crippen LogP contribution >= 0.6 is 0 Å². The molecule has 1 saturated heterocycles. The van der Waals surface area contributed by atoms with Gasteiger partial charge in [-0.25, -0.2) is 4.68 Å². The smallest absolute Gasteiger partial charge is 0.333 e. The molecule has 8 nitrogen and oxygen atoms in total. The first-order valence-corrected chi connectivity index (χ1v) is 7.00. The zero-order chi connectivity index (χ0) is 15.8. The van der Waals surface area contributed by atoms with Gasteiger partial charge in [-0.05, 0) is 26.7 Å². The van der Waals surface area contributed by atoms with Gasteiger partial charge in [-0.2, -0.15) is 5.10 Å². The molecule has 1 aromatic heterocycles. The third-order valence-corrected chi connectivity index (χ3v) is 3.98. The number of aliphatic carboxylic acids is 1. The summed E-state index contributed by atoms with van der Waals surface area (Å²) in [7, 11) is 0. The molecule has 8 heteroatoms. The lowest BCUT2D eigenvalue weighted by atomic mass is 9.90. The summed E-state index contributed by atoms with van der Waals surface area (Å²) in [6, 6.07) is 0. The van der Waals surface area contributed by atoms with Gasteiger partial charge < -0.3 is 10.0 Å². The van der Waals surface area contributed by atoms with Gasteiger partial charge in [0.05, 0.1) is 10.3 Å². The monoisotopic (exact) mass is 296 g/mol. The van der Waals surface area contributed by atoms with Gasteiger partial charge >= 0.3 is 11.7 Å². The van der Waals surface area contributed by atoms with Gasteiger partial charge in [0.2, 0.25) is 5.82 Å². The quantitative estimate of drug-likeness (QED) is 0.656. The molecule has 0 spiro atoms. The number of hydrogen-bond donors (Lipinski definition) is 1. The van der Waals surface area contributed by atoms with Crippen LogP contribution in [0, 0.1) is 22.5 Å². The second kappa shape index (κ2) is 5.34. The number of anilines is 1. The number of rotatable bonds is 5. The molecule has 1 atom stereocenters. The topological polar surface area (TPSA) is 101 Å². The van der Waals surface area contributed by atoms with E-state index >= 15 is 0 Å². The van der Waals surface area contributed by atoms with E-state index in [9.17, 15) is 20.0 Å². The highest BCUT2D eigenvalue weighted by Crippen LogP contribution is 2.39. The maximum atomic E-state index is 11.4. The molecule has 1 fully saturated rings. The lowest BCUT2D eigenvalue weighted by molar-refractivity contribution is -0.384. The number of carbonyl (C=O) groups is 1. The van der Waals surface area contributed by atoms with Crippen LogP contribution in [0.5, 0.6) is 0 Å². The number of carboxylic acids is 1. The molecule has 116 valence electrons. The van der Waals surface area contributed by atoms with Gasteiger partial charge in [-0.15, -0.1) is 0 Å². The fourth-order valence-corrected chi connectivity index (χ4v) is 2.77. The first-order valence-electron chi connectivity index (χ1n) is 7.00. The molecule has 1 aliphatic heterocycles. The second-order valence-electron chi connectivity index (χ2n) is 5.78. The van der Waals surface area contributed by atoms with Crippen molar-refractivity contribution >= 4 is 17.5 Å². The molecule has 1 unspecified atom stereocenters. The zero-order valence-corrected chi connectivity index (χ0v) is 12.5. The van der Waals surface area contributed by atoms with Crippen LogP contribution in [0.2, 0.25) is 0 Å². The first-order chi connectivity index (χ1) is 9.80. The summed E-state index contributed by atoms with van der Waals surface area (Å²) >= 11 is 0. The van der Waals surface area contributed by atoms with E-state index < -0.39 is 16.3 Å². The van der Waals surface area contributed by atoms with Crippen LogP contribution in [0.15, 0.2) is 0 Å². The summed E-state index contributed by atoms with van der Waals surface area (Å²) in [5.74, 6) is -0.435. The van der Waals surface area contributed by atoms with Crippen molar-refractivity contribution in [3.63, 3.8) is 0 Å². The Bertz CT molecular complexity index is 583. The third kappa shape index (κ3) is 2.57. The van der Waals surface area contributed by atoms with E-state index in [-0.39, 0.29) is 12.2 Å². The molecular weight excluding hydrogens is 276 g/mol. The number of carboxylic acid groups (broad SMARTS) is 1.